The van der Waals surface area contributed by atoms with Gasteiger partial charge in [0.25, 0.3) is 5.91 Å². The lowest BCUT2D eigenvalue weighted by molar-refractivity contribution is 0.0963. The number of amides is 1. The molecule has 0 spiro atoms. The number of likely N-dealkylation sites (tertiary alicyclic amines) is 1. The summed E-state index contributed by atoms with van der Waals surface area (Å²) in [6, 6.07) is 7.74. The monoisotopic (exact) mass is 501 g/mol. The van der Waals surface area contributed by atoms with Crippen molar-refractivity contribution in [2.45, 2.75) is 32.6 Å². The van der Waals surface area contributed by atoms with Crippen LogP contribution >= 0.6 is 24.0 Å². The van der Waals surface area contributed by atoms with Crippen molar-refractivity contribution in [2.75, 3.05) is 46.8 Å². The van der Waals surface area contributed by atoms with E-state index < -0.39 is 0 Å². The molecule has 6 nitrogen and oxygen atoms in total. The topological polar surface area (TPSA) is 68.8 Å². The smallest absolute Gasteiger partial charge is 0.251 e. The summed E-state index contributed by atoms with van der Waals surface area (Å²) in [6.45, 7) is 7.69. The zero-order valence-corrected chi connectivity index (χ0v) is 19.8. The lowest BCUT2D eigenvalue weighted by atomic mass is 9.99. The van der Waals surface area contributed by atoms with Crippen molar-refractivity contribution in [1.29, 1.82) is 0 Å². The number of aliphatic imine (C=N–C) groups is 1. The summed E-state index contributed by atoms with van der Waals surface area (Å²) in [5.41, 5.74) is 1.84. The quantitative estimate of drug-likeness (QED) is 0.222. The van der Waals surface area contributed by atoms with Gasteiger partial charge in [0.15, 0.2) is 5.96 Å². The highest BCUT2D eigenvalue weighted by molar-refractivity contribution is 14.0. The molecule has 1 aromatic carbocycles. The van der Waals surface area contributed by atoms with Gasteiger partial charge in [-0.25, -0.2) is 0 Å². The van der Waals surface area contributed by atoms with Gasteiger partial charge in [-0.2, -0.15) is 0 Å². The van der Waals surface area contributed by atoms with E-state index >= 15 is 0 Å². The van der Waals surface area contributed by atoms with E-state index in [4.69, 9.17) is 0 Å². The second-order valence-corrected chi connectivity index (χ2v) is 7.33. The predicted molar refractivity (Wildman–Crippen MR) is 128 cm³/mol. The molecule has 0 radical (unpaired) electrons. The number of halogens is 1. The fraction of sp³-hybridized carbons (Fsp3) is 0.619. The second-order valence-electron chi connectivity index (χ2n) is 7.33. The summed E-state index contributed by atoms with van der Waals surface area (Å²) in [6.07, 6.45) is 4.64. The molecule has 1 aromatic rings. The Kier molecular flexibility index (Phi) is 12.1. The molecule has 1 aliphatic heterocycles. The minimum Gasteiger partial charge on any atom is -0.356 e. The lowest BCUT2D eigenvalue weighted by Crippen LogP contribution is -2.40. The van der Waals surface area contributed by atoms with Crippen LogP contribution in [0.25, 0.3) is 0 Å². The maximum atomic E-state index is 11.7. The fourth-order valence-corrected chi connectivity index (χ4v) is 3.35. The molecule has 1 heterocycles. The average molecular weight is 501 g/mol. The van der Waals surface area contributed by atoms with Crippen molar-refractivity contribution in [2.24, 2.45) is 10.9 Å². The van der Waals surface area contributed by atoms with E-state index in [1.54, 1.807) is 14.1 Å². The first-order valence-electron chi connectivity index (χ1n) is 10.1. The van der Waals surface area contributed by atoms with Crippen LogP contribution in [0.2, 0.25) is 0 Å². The van der Waals surface area contributed by atoms with Crippen LogP contribution in [0.15, 0.2) is 29.3 Å². The van der Waals surface area contributed by atoms with Gasteiger partial charge < -0.3 is 20.9 Å². The Balaban J connectivity index is 0.00000392. The number of piperidine rings is 1. The Labute approximate surface area is 187 Å². The molecular weight excluding hydrogens is 465 g/mol. The van der Waals surface area contributed by atoms with Gasteiger partial charge in [-0.05, 0) is 68.9 Å². The van der Waals surface area contributed by atoms with Crippen LogP contribution in [-0.4, -0.2) is 63.6 Å². The normalized spacial score (nSPS) is 15.6. The summed E-state index contributed by atoms with van der Waals surface area (Å²) in [5.74, 6) is 1.68. The van der Waals surface area contributed by atoms with Gasteiger partial charge in [-0.3, -0.25) is 9.79 Å². The van der Waals surface area contributed by atoms with Crippen molar-refractivity contribution in [3.63, 3.8) is 0 Å². The van der Waals surface area contributed by atoms with Crippen LogP contribution in [0, 0.1) is 5.92 Å². The van der Waals surface area contributed by atoms with E-state index in [2.05, 4.69) is 32.8 Å². The number of carbonyl (C=O) groups is 1. The molecule has 2 rings (SSSR count). The molecular formula is C21H36IN5O. The highest BCUT2D eigenvalue weighted by Crippen LogP contribution is 2.15. The average Bonchev–Trinajstić information content (AvgIpc) is 2.70. The van der Waals surface area contributed by atoms with Gasteiger partial charge in [-0.1, -0.05) is 19.1 Å². The van der Waals surface area contributed by atoms with Crippen LogP contribution in [0.4, 0.5) is 0 Å². The van der Waals surface area contributed by atoms with E-state index in [9.17, 15) is 4.79 Å². The molecule has 0 aliphatic carbocycles. The van der Waals surface area contributed by atoms with Crippen molar-refractivity contribution >= 4 is 35.8 Å². The molecule has 0 aromatic heterocycles. The summed E-state index contributed by atoms with van der Waals surface area (Å²) in [7, 11) is 3.45. The van der Waals surface area contributed by atoms with Gasteiger partial charge in [0.05, 0.1) is 0 Å². The Morgan fingerprint density at radius 3 is 2.61 bits per heavy atom. The number of nitrogens with one attached hydrogen (secondary N) is 3. The van der Waals surface area contributed by atoms with E-state index in [-0.39, 0.29) is 29.9 Å². The Hall–Kier alpha value is -1.35. The van der Waals surface area contributed by atoms with Crippen molar-refractivity contribution in [3.8, 4) is 0 Å². The molecule has 0 saturated carbocycles. The van der Waals surface area contributed by atoms with E-state index in [1.807, 2.05) is 24.3 Å². The van der Waals surface area contributed by atoms with E-state index in [0.717, 1.165) is 49.9 Å². The Morgan fingerprint density at radius 1 is 1.21 bits per heavy atom. The highest BCUT2D eigenvalue weighted by atomic mass is 127. The van der Waals surface area contributed by atoms with Gasteiger partial charge >= 0.3 is 0 Å². The summed E-state index contributed by atoms with van der Waals surface area (Å²) < 4.78 is 0. The number of nitrogens with zero attached hydrogens (tertiary/aromatic N) is 2. The number of benzene rings is 1. The SMILES string of the molecule is CN=C(NCCCN1CCC(C)CC1)NCCc1cccc(C(=O)NC)c1.I. The molecule has 3 N–H and O–H groups in total. The summed E-state index contributed by atoms with van der Waals surface area (Å²) >= 11 is 0. The minimum atomic E-state index is -0.0505. The lowest BCUT2D eigenvalue weighted by Gasteiger charge is -2.30. The third-order valence-electron chi connectivity index (χ3n) is 5.17. The number of carbonyl (C=O) groups excluding carboxylic acids is 1. The predicted octanol–water partition coefficient (Wildman–Crippen LogP) is 2.49. The third kappa shape index (κ3) is 8.77. The summed E-state index contributed by atoms with van der Waals surface area (Å²) in [5, 5.41) is 9.40. The first-order valence-corrected chi connectivity index (χ1v) is 10.1. The maximum absolute atomic E-state index is 11.7. The van der Waals surface area contributed by atoms with Crippen LogP contribution in [0.1, 0.15) is 42.1 Å². The third-order valence-corrected chi connectivity index (χ3v) is 5.17. The van der Waals surface area contributed by atoms with Gasteiger partial charge in [0.2, 0.25) is 0 Å². The molecule has 1 saturated heterocycles. The molecule has 1 fully saturated rings. The molecule has 158 valence electrons. The van der Waals surface area contributed by atoms with Crippen molar-refractivity contribution in [3.05, 3.63) is 35.4 Å². The molecule has 7 heteroatoms. The molecule has 0 atom stereocenters. The molecule has 0 bridgehead atoms. The second kappa shape index (κ2) is 13.8. The number of guanidine groups is 1. The number of hydrogen-bond donors (Lipinski definition) is 3. The van der Waals surface area contributed by atoms with Gasteiger partial charge in [0, 0.05) is 32.7 Å². The van der Waals surface area contributed by atoms with Crippen LogP contribution < -0.4 is 16.0 Å². The first kappa shape index (κ1) is 24.7. The largest absolute Gasteiger partial charge is 0.356 e. The van der Waals surface area contributed by atoms with Crippen LogP contribution in [-0.2, 0) is 6.42 Å². The maximum Gasteiger partial charge on any atom is 0.251 e. The van der Waals surface area contributed by atoms with Crippen LogP contribution in [0.3, 0.4) is 0 Å². The first-order chi connectivity index (χ1) is 13.1. The standard InChI is InChI=1S/C21H35N5O.HI/c1-17-9-14-26(15-10-17)13-5-11-24-21(23-3)25-12-8-18-6-4-7-19(16-18)20(27)22-2;/h4,6-7,16-17H,5,8-15H2,1-3H3,(H,22,27)(H2,23,24,25);1H. The highest BCUT2D eigenvalue weighted by Gasteiger charge is 2.14. The fourth-order valence-electron chi connectivity index (χ4n) is 3.35. The van der Waals surface area contributed by atoms with Crippen molar-refractivity contribution in [1.82, 2.24) is 20.9 Å². The van der Waals surface area contributed by atoms with Gasteiger partial charge in [-0.15, -0.1) is 24.0 Å². The Morgan fingerprint density at radius 2 is 1.93 bits per heavy atom. The zero-order valence-electron chi connectivity index (χ0n) is 17.5. The molecule has 1 aliphatic rings. The van der Waals surface area contributed by atoms with Gasteiger partial charge in [0.1, 0.15) is 0 Å². The zero-order chi connectivity index (χ0) is 19.5. The van der Waals surface area contributed by atoms with Crippen molar-refractivity contribution < 1.29 is 4.79 Å². The summed E-state index contributed by atoms with van der Waals surface area (Å²) in [4.78, 5) is 18.6. The Bertz CT molecular complexity index is 615. The van der Waals surface area contributed by atoms with E-state index in [1.165, 1.54) is 25.9 Å². The van der Waals surface area contributed by atoms with E-state index in [0.29, 0.717) is 5.56 Å². The number of rotatable bonds is 8. The molecule has 28 heavy (non-hydrogen) atoms. The minimum absolute atomic E-state index is 0. The number of hydrogen-bond acceptors (Lipinski definition) is 3. The molecule has 1 amide bonds. The molecule has 0 unspecified atom stereocenters. The van der Waals surface area contributed by atoms with Crippen LogP contribution in [0.5, 0.6) is 0 Å².